The second-order valence-corrected chi connectivity index (χ2v) is 6.94. The van der Waals surface area contributed by atoms with E-state index in [0.29, 0.717) is 12.4 Å². The molecule has 1 fully saturated rings. The summed E-state index contributed by atoms with van der Waals surface area (Å²) in [6, 6.07) is 0. The van der Waals surface area contributed by atoms with E-state index in [2.05, 4.69) is 22.0 Å². The van der Waals surface area contributed by atoms with Gasteiger partial charge in [0.05, 0.1) is 12.1 Å². The maximum Gasteiger partial charge on any atom is 0.255 e. The van der Waals surface area contributed by atoms with E-state index in [1.54, 1.807) is 11.3 Å². The largest absolute Gasteiger partial charge is 0.339 e. The predicted octanol–water partition coefficient (Wildman–Crippen LogP) is 2.27. The Balaban J connectivity index is 1.55. The van der Waals surface area contributed by atoms with Crippen molar-refractivity contribution in [3.8, 4) is 0 Å². The summed E-state index contributed by atoms with van der Waals surface area (Å²) in [4.78, 5) is 22.4. The lowest BCUT2D eigenvalue weighted by Gasteiger charge is -2.34. The standard InChI is InChI=1S/C16H22N4O2S/c1-4-15-17-14(18-22-15)9-19-5-7-20(8-6-19)16(21)13-10-23-12(3)11(13)2/h10H,4-9H2,1-3H3. The minimum Gasteiger partial charge on any atom is -0.339 e. The van der Waals surface area contributed by atoms with Crippen LogP contribution in [0.3, 0.4) is 0 Å². The summed E-state index contributed by atoms with van der Waals surface area (Å²) in [6.07, 6.45) is 0.759. The normalized spacial score (nSPS) is 16.0. The summed E-state index contributed by atoms with van der Waals surface area (Å²) in [5, 5.41) is 5.97. The van der Waals surface area contributed by atoms with Crippen LogP contribution in [-0.2, 0) is 13.0 Å². The topological polar surface area (TPSA) is 62.5 Å². The van der Waals surface area contributed by atoms with E-state index in [9.17, 15) is 4.79 Å². The van der Waals surface area contributed by atoms with Crippen molar-refractivity contribution in [1.29, 1.82) is 0 Å². The number of thiophene rings is 1. The summed E-state index contributed by atoms with van der Waals surface area (Å²) in [5.41, 5.74) is 1.97. The van der Waals surface area contributed by atoms with Gasteiger partial charge in [-0.05, 0) is 19.4 Å². The van der Waals surface area contributed by atoms with Gasteiger partial charge >= 0.3 is 0 Å². The molecule has 1 saturated heterocycles. The molecule has 1 aliphatic heterocycles. The Morgan fingerprint density at radius 3 is 2.61 bits per heavy atom. The van der Waals surface area contributed by atoms with Gasteiger partial charge in [0.2, 0.25) is 5.89 Å². The van der Waals surface area contributed by atoms with Crippen molar-refractivity contribution in [2.24, 2.45) is 0 Å². The van der Waals surface area contributed by atoms with Crippen molar-refractivity contribution in [1.82, 2.24) is 19.9 Å². The molecule has 0 aliphatic carbocycles. The molecule has 0 atom stereocenters. The quantitative estimate of drug-likeness (QED) is 0.858. The van der Waals surface area contributed by atoms with Gasteiger partial charge in [-0.25, -0.2) is 0 Å². The molecule has 2 aromatic heterocycles. The highest BCUT2D eigenvalue weighted by atomic mass is 32.1. The van der Waals surface area contributed by atoms with Crippen molar-refractivity contribution in [3.63, 3.8) is 0 Å². The maximum atomic E-state index is 12.6. The van der Waals surface area contributed by atoms with Crippen molar-refractivity contribution in [3.05, 3.63) is 33.1 Å². The minimum atomic E-state index is 0.152. The van der Waals surface area contributed by atoms with Crippen LogP contribution >= 0.6 is 11.3 Å². The van der Waals surface area contributed by atoms with Crippen molar-refractivity contribution in [2.45, 2.75) is 33.7 Å². The number of carbonyl (C=O) groups excluding carboxylic acids is 1. The molecule has 1 amide bonds. The van der Waals surface area contributed by atoms with Crippen LogP contribution in [-0.4, -0.2) is 52.0 Å². The number of amides is 1. The van der Waals surface area contributed by atoms with Gasteiger partial charge in [0, 0.05) is 42.9 Å². The lowest BCUT2D eigenvalue weighted by atomic mass is 10.1. The number of piperazine rings is 1. The first-order valence-corrected chi connectivity index (χ1v) is 8.84. The molecule has 0 unspecified atom stereocenters. The molecule has 1 aliphatic rings. The molecular formula is C16H22N4O2S. The van der Waals surface area contributed by atoms with Crippen LogP contribution in [0.4, 0.5) is 0 Å². The monoisotopic (exact) mass is 334 g/mol. The van der Waals surface area contributed by atoms with E-state index in [-0.39, 0.29) is 5.91 Å². The van der Waals surface area contributed by atoms with Crippen LogP contribution in [0, 0.1) is 13.8 Å². The van der Waals surface area contributed by atoms with Gasteiger partial charge in [-0.15, -0.1) is 11.3 Å². The second kappa shape index (κ2) is 6.80. The van der Waals surface area contributed by atoms with Gasteiger partial charge in [0.25, 0.3) is 5.91 Å². The number of carbonyl (C=O) groups is 1. The van der Waals surface area contributed by atoms with Crippen LogP contribution in [0.2, 0.25) is 0 Å². The zero-order valence-electron chi connectivity index (χ0n) is 13.8. The Bertz CT molecular complexity index is 686. The Morgan fingerprint density at radius 1 is 1.30 bits per heavy atom. The molecule has 0 bridgehead atoms. The maximum absolute atomic E-state index is 12.6. The molecule has 6 nitrogen and oxygen atoms in total. The van der Waals surface area contributed by atoms with Crippen LogP contribution in [0.25, 0.3) is 0 Å². The van der Waals surface area contributed by atoms with Gasteiger partial charge in [0.1, 0.15) is 0 Å². The van der Waals surface area contributed by atoms with Crippen LogP contribution < -0.4 is 0 Å². The van der Waals surface area contributed by atoms with E-state index in [4.69, 9.17) is 4.52 Å². The van der Waals surface area contributed by atoms with E-state index in [0.717, 1.165) is 49.6 Å². The number of aryl methyl sites for hydroxylation is 2. The highest BCUT2D eigenvalue weighted by Crippen LogP contribution is 2.22. The SMILES string of the molecule is CCc1nc(CN2CCN(C(=O)c3csc(C)c3C)CC2)no1. The van der Waals surface area contributed by atoms with E-state index in [1.165, 1.54) is 4.88 Å². The summed E-state index contributed by atoms with van der Waals surface area (Å²) < 4.78 is 5.14. The molecule has 0 aromatic carbocycles. The second-order valence-electron chi connectivity index (χ2n) is 5.86. The van der Waals surface area contributed by atoms with Crippen molar-refractivity contribution in [2.75, 3.05) is 26.2 Å². The Labute approximate surface area is 140 Å². The first-order chi connectivity index (χ1) is 11.1. The molecule has 0 radical (unpaired) electrons. The first-order valence-electron chi connectivity index (χ1n) is 7.96. The third-order valence-corrected chi connectivity index (χ3v) is 5.37. The zero-order chi connectivity index (χ0) is 16.4. The van der Waals surface area contributed by atoms with E-state index in [1.807, 2.05) is 24.1 Å². The van der Waals surface area contributed by atoms with Crippen LogP contribution in [0.15, 0.2) is 9.90 Å². The highest BCUT2D eigenvalue weighted by Gasteiger charge is 2.24. The van der Waals surface area contributed by atoms with Crippen LogP contribution in [0.5, 0.6) is 0 Å². The number of hydrogen-bond donors (Lipinski definition) is 0. The minimum absolute atomic E-state index is 0.152. The molecular weight excluding hydrogens is 312 g/mol. The summed E-state index contributed by atoms with van der Waals surface area (Å²) >= 11 is 1.65. The molecule has 3 rings (SSSR count). The fraction of sp³-hybridized carbons (Fsp3) is 0.562. The smallest absolute Gasteiger partial charge is 0.255 e. The van der Waals surface area contributed by atoms with Gasteiger partial charge < -0.3 is 9.42 Å². The molecule has 124 valence electrons. The number of nitrogens with zero attached hydrogens (tertiary/aromatic N) is 4. The Kier molecular flexibility index (Phi) is 4.77. The number of aromatic nitrogens is 2. The average Bonchev–Trinajstić information content (AvgIpc) is 3.15. The predicted molar refractivity (Wildman–Crippen MR) is 88.6 cm³/mol. The molecule has 0 N–H and O–H groups in total. The van der Waals surface area contributed by atoms with Crippen molar-refractivity contribution >= 4 is 17.2 Å². The highest BCUT2D eigenvalue weighted by molar-refractivity contribution is 7.10. The number of hydrogen-bond acceptors (Lipinski definition) is 6. The van der Waals surface area contributed by atoms with Crippen LogP contribution in [0.1, 0.15) is 39.4 Å². The number of rotatable bonds is 4. The third kappa shape index (κ3) is 3.45. The fourth-order valence-corrected chi connectivity index (χ4v) is 3.56. The van der Waals surface area contributed by atoms with Crippen molar-refractivity contribution < 1.29 is 9.32 Å². The van der Waals surface area contributed by atoms with Gasteiger partial charge in [-0.3, -0.25) is 9.69 Å². The molecule has 0 spiro atoms. The van der Waals surface area contributed by atoms with E-state index < -0.39 is 0 Å². The lowest BCUT2D eigenvalue weighted by molar-refractivity contribution is 0.0624. The van der Waals surface area contributed by atoms with E-state index >= 15 is 0 Å². The molecule has 2 aromatic rings. The molecule has 0 saturated carbocycles. The van der Waals surface area contributed by atoms with Gasteiger partial charge in [0.15, 0.2) is 5.82 Å². The first kappa shape index (κ1) is 16.1. The summed E-state index contributed by atoms with van der Waals surface area (Å²) in [6.45, 7) is 9.92. The lowest BCUT2D eigenvalue weighted by Crippen LogP contribution is -2.48. The Morgan fingerprint density at radius 2 is 2.04 bits per heavy atom. The molecule has 3 heterocycles. The molecule has 23 heavy (non-hydrogen) atoms. The fourth-order valence-electron chi connectivity index (χ4n) is 2.70. The summed E-state index contributed by atoms with van der Waals surface area (Å²) in [5.74, 6) is 1.56. The average molecular weight is 334 g/mol. The van der Waals surface area contributed by atoms with Gasteiger partial charge in [-0.2, -0.15) is 4.98 Å². The summed E-state index contributed by atoms with van der Waals surface area (Å²) in [7, 11) is 0. The Hall–Kier alpha value is -1.73. The third-order valence-electron chi connectivity index (χ3n) is 4.35. The van der Waals surface area contributed by atoms with Gasteiger partial charge in [-0.1, -0.05) is 12.1 Å². The zero-order valence-corrected chi connectivity index (χ0v) is 14.7. The molecule has 7 heteroatoms.